The van der Waals surface area contributed by atoms with E-state index in [4.69, 9.17) is 0 Å². The van der Waals surface area contributed by atoms with Crippen molar-refractivity contribution >= 4 is 12.4 Å². The summed E-state index contributed by atoms with van der Waals surface area (Å²) in [5.74, 6) is -0.202. The number of nitrogens with one attached hydrogen (secondary N) is 1. The second-order valence-corrected chi connectivity index (χ2v) is 4.73. The summed E-state index contributed by atoms with van der Waals surface area (Å²) in [6, 6.07) is 5.09. The van der Waals surface area contributed by atoms with Gasteiger partial charge in [0.25, 0.3) is 0 Å². The molecule has 1 aliphatic rings. The first-order chi connectivity index (χ1) is 8.74. The fraction of sp³-hybridized carbons (Fsp3) is 0.571. The normalized spacial score (nSPS) is 17.8. The minimum Gasteiger partial charge on any atom is -0.314 e. The molecule has 0 spiro atoms. The zero-order chi connectivity index (χ0) is 13.0. The molecule has 5 heteroatoms. The lowest BCUT2D eigenvalue weighted by atomic mass is 9.97. The van der Waals surface area contributed by atoms with E-state index in [2.05, 4.69) is 10.2 Å². The van der Waals surface area contributed by atoms with Crippen molar-refractivity contribution in [3.63, 3.8) is 0 Å². The van der Waals surface area contributed by atoms with Crippen molar-refractivity contribution in [2.24, 2.45) is 0 Å². The Labute approximate surface area is 119 Å². The van der Waals surface area contributed by atoms with Gasteiger partial charge in [0.05, 0.1) is 6.67 Å². The first-order valence-corrected chi connectivity index (χ1v) is 6.49. The Bertz CT molecular complexity index is 395. The third kappa shape index (κ3) is 3.88. The molecule has 0 aromatic heterocycles. The Morgan fingerprint density at radius 1 is 1.32 bits per heavy atom. The maximum atomic E-state index is 13.6. The minimum atomic E-state index is -0.370. The molecule has 1 aromatic carbocycles. The molecule has 1 aromatic rings. The number of alkyl halides is 1. The molecule has 19 heavy (non-hydrogen) atoms. The Kier molecular flexibility index (Phi) is 6.69. The highest BCUT2D eigenvalue weighted by atomic mass is 35.5. The SMILES string of the molecule is Cc1c(F)cccc1[C@H](CCF)N1CCNCC1.Cl. The van der Waals surface area contributed by atoms with E-state index in [1.165, 1.54) is 6.07 Å². The van der Waals surface area contributed by atoms with Gasteiger partial charge in [0.15, 0.2) is 0 Å². The lowest BCUT2D eigenvalue weighted by molar-refractivity contribution is 0.156. The second kappa shape index (κ2) is 7.78. The molecule has 0 bridgehead atoms. The van der Waals surface area contributed by atoms with Crippen molar-refractivity contribution in [1.82, 2.24) is 10.2 Å². The molecule has 0 saturated carbocycles. The zero-order valence-corrected chi connectivity index (χ0v) is 12.0. The molecule has 0 aliphatic carbocycles. The van der Waals surface area contributed by atoms with Crippen LogP contribution in [0, 0.1) is 12.7 Å². The van der Waals surface area contributed by atoms with Crippen LogP contribution in [0.15, 0.2) is 18.2 Å². The van der Waals surface area contributed by atoms with Crippen LogP contribution in [-0.4, -0.2) is 37.8 Å². The second-order valence-electron chi connectivity index (χ2n) is 4.73. The van der Waals surface area contributed by atoms with Crippen LogP contribution < -0.4 is 5.32 Å². The number of halogens is 3. The third-order valence-corrected chi connectivity index (χ3v) is 3.64. The van der Waals surface area contributed by atoms with Gasteiger partial charge in [-0.25, -0.2) is 4.39 Å². The fourth-order valence-corrected chi connectivity index (χ4v) is 2.62. The molecule has 0 radical (unpaired) electrons. The van der Waals surface area contributed by atoms with E-state index in [-0.39, 0.29) is 30.9 Å². The molecule has 1 fully saturated rings. The number of rotatable bonds is 4. The molecule has 1 atom stereocenters. The van der Waals surface area contributed by atoms with Crippen molar-refractivity contribution in [2.75, 3.05) is 32.9 Å². The quantitative estimate of drug-likeness (QED) is 0.917. The number of benzene rings is 1. The van der Waals surface area contributed by atoms with Gasteiger partial charge in [-0.2, -0.15) is 0 Å². The molecule has 2 nitrogen and oxygen atoms in total. The fourth-order valence-electron chi connectivity index (χ4n) is 2.62. The summed E-state index contributed by atoms with van der Waals surface area (Å²) in [4.78, 5) is 2.25. The van der Waals surface area contributed by atoms with Crippen LogP contribution in [0.5, 0.6) is 0 Å². The summed E-state index contributed by atoms with van der Waals surface area (Å²) in [6.45, 7) is 5.01. The van der Waals surface area contributed by atoms with Crippen LogP contribution in [0.4, 0.5) is 8.78 Å². The Hall–Kier alpha value is -0.710. The summed E-state index contributed by atoms with van der Waals surface area (Å²) in [6.07, 6.45) is 0.435. The van der Waals surface area contributed by atoms with Crippen molar-refractivity contribution in [3.8, 4) is 0 Å². The number of piperazine rings is 1. The van der Waals surface area contributed by atoms with Crippen molar-refractivity contribution < 1.29 is 8.78 Å². The molecule has 2 rings (SSSR count). The Morgan fingerprint density at radius 2 is 2.00 bits per heavy atom. The minimum absolute atomic E-state index is 0. The predicted octanol–water partition coefficient (Wildman–Crippen LogP) is 2.86. The van der Waals surface area contributed by atoms with Crippen LogP contribution in [0.1, 0.15) is 23.6 Å². The van der Waals surface area contributed by atoms with Crippen LogP contribution >= 0.6 is 12.4 Å². The van der Waals surface area contributed by atoms with Gasteiger partial charge in [0, 0.05) is 32.2 Å². The molecule has 1 saturated heterocycles. The molecule has 1 N–H and O–H groups in total. The monoisotopic (exact) mass is 290 g/mol. The highest BCUT2D eigenvalue weighted by molar-refractivity contribution is 5.85. The molecule has 1 heterocycles. The predicted molar refractivity (Wildman–Crippen MR) is 76.2 cm³/mol. The van der Waals surface area contributed by atoms with Crippen LogP contribution in [0.2, 0.25) is 0 Å². The van der Waals surface area contributed by atoms with E-state index in [0.29, 0.717) is 12.0 Å². The largest absolute Gasteiger partial charge is 0.314 e. The molecular weight excluding hydrogens is 270 g/mol. The molecule has 108 valence electrons. The first-order valence-electron chi connectivity index (χ1n) is 6.49. The zero-order valence-electron chi connectivity index (χ0n) is 11.2. The average molecular weight is 291 g/mol. The van der Waals surface area contributed by atoms with Gasteiger partial charge in [-0.15, -0.1) is 12.4 Å². The van der Waals surface area contributed by atoms with E-state index >= 15 is 0 Å². The van der Waals surface area contributed by atoms with E-state index < -0.39 is 0 Å². The topological polar surface area (TPSA) is 15.3 Å². The Morgan fingerprint density at radius 3 is 2.63 bits per heavy atom. The molecule has 0 unspecified atom stereocenters. The van der Waals surface area contributed by atoms with Gasteiger partial charge in [-0.3, -0.25) is 9.29 Å². The van der Waals surface area contributed by atoms with Crippen molar-refractivity contribution in [3.05, 3.63) is 35.1 Å². The smallest absolute Gasteiger partial charge is 0.126 e. The van der Waals surface area contributed by atoms with Crippen LogP contribution in [-0.2, 0) is 0 Å². The highest BCUT2D eigenvalue weighted by Crippen LogP contribution is 2.28. The lowest BCUT2D eigenvalue weighted by Gasteiger charge is -2.35. The van der Waals surface area contributed by atoms with E-state index in [1.807, 2.05) is 6.07 Å². The molecule has 0 amide bonds. The highest BCUT2D eigenvalue weighted by Gasteiger charge is 2.23. The average Bonchev–Trinajstić information content (AvgIpc) is 2.41. The summed E-state index contributed by atoms with van der Waals surface area (Å²) < 4.78 is 26.4. The van der Waals surface area contributed by atoms with Gasteiger partial charge in [-0.1, -0.05) is 12.1 Å². The van der Waals surface area contributed by atoms with Crippen molar-refractivity contribution in [1.29, 1.82) is 0 Å². The van der Waals surface area contributed by atoms with E-state index in [1.54, 1.807) is 13.0 Å². The standard InChI is InChI=1S/C14H20F2N2.ClH/c1-11-12(3-2-4-13(11)16)14(5-6-15)18-9-7-17-8-10-18;/h2-4,14,17H,5-10H2,1H3;1H/t14-;/m0./s1. The van der Waals surface area contributed by atoms with Gasteiger partial charge in [0.1, 0.15) is 5.82 Å². The third-order valence-electron chi connectivity index (χ3n) is 3.64. The summed E-state index contributed by atoms with van der Waals surface area (Å²) in [5.41, 5.74) is 1.57. The lowest BCUT2D eigenvalue weighted by Crippen LogP contribution is -2.45. The Balaban J connectivity index is 0.00000180. The summed E-state index contributed by atoms with van der Waals surface area (Å²) in [5, 5.41) is 3.28. The van der Waals surface area contributed by atoms with Crippen molar-refractivity contribution in [2.45, 2.75) is 19.4 Å². The van der Waals surface area contributed by atoms with Gasteiger partial charge >= 0.3 is 0 Å². The van der Waals surface area contributed by atoms with Crippen LogP contribution in [0.3, 0.4) is 0 Å². The summed E-state index contributed by atoms with van der Waals surface area (Å²) in [7, 11) is 0. The number of nitrogens with zero attached hydrogens (tertiary/aromatic N) is 1. The number of hydrogen-bond donors (Lipinski definition) is 1. The molecule has 1 aliphatic heterocycles. The maximum absolute atomic E-state index is 13.6. The van der Waals surface area contributed by atoms with Crippen LogP contribution in [0.25, 0.3) is 0 Å². The number of hydrogen-bond acceptors (Lipinski definition) is 2. The van der Waals surface area contributed by atoms with Gasteiger partial charge in [0.2, 0.25) is 0 Å². The summed E-state index contributed by atoms with van der Waals surface area (Å²) >= 11 is 0. The van der Waals surface area contributed by atoms with Gasteiger partial charge in [-0.05, 0) is 30.5 Å². The maximum Gasteiger partial charge on any atom is 0.126 e. The van der Waals surface area contributed by atoms with E-state index in [9.17, 15) is 8.78 Å². The first kappa shape index (κ1) is 16.3. The van der Waals surface area contributed by atoms with E-state index in [0.717, 1.165) is 31.7 Å². The molecular formula is C14H21ClF2N2. The van der Waals surface area contributed by atoms with Gasteiger partial charge < -0.3 is 5.32 Å².